The highest BCUT2D eigenvalue weighted by Gasteiger charge is 2.47. The fraction of sp³-hybridized carbons (Fsp3) is 0.360. The zero-order chi connectivity index (χ0) is 23.7. The monoisotopic (exact) mass is 469 g/mol. The molecular formula is C25H26F3N5O. The maximum atomic E-state index is 13.9. The van der Waals surface area contributed by atoms with Crippen LogP contribution in [0, 0.1) is 0 Å². The first-order valence-electron chi connectivity index (χ1n) is 11.4. The Kier molecular flexibility index (Phi) is 6.03. The van der Waals surface area contributed by atoms with E-state index in [0.717, 1.165) is 16.8 Å². The molecule has 3 aromatic rings. The van der Waals surface area contributed by atoms with Crippen LogP contribution in [-0.4, -0.2) is 57.8 Å². The van der Waals surface area contributed by atoms with E-state index in [1.807, 2.05) is 24.3 Å². The summed E-state index contributed by atoms with van der Waals surface area (Å²) in [5.74, 6) is -0.151. The molecule has 0 aliphatic carbocycles. The largest absolute Gasteiger partial charge is 0.410 e. The number of carbonyl (C=O) groups excluding carboxylic acids is 1. The molecular weight excluding hydrogens is 443 g/mol. The minimum absolute atomic E-state index is 0.138. The fourth-order valence-electron chi connectivity index (χ4n) is 4.74. The van der Waals surface area contributed by atoms with Crippen LogP contribution in [0.15, 0.2) is 66.9 Å². The molecule has 1 fully saturated rings. The first-order valence-corrected chi connectivity index (χ1v) is 11.4. The lowest BCUT2D eigenvalue weighted by molar-refractivity contribution is -0.173. The van der Waals surface area contributed by atoms with Crippen LogP contribution < -0.4 is 5.32 Å². The van der Waals surface area contributed by atoms with Crippen LogP contribution in [0.2, 0.25) is 0 Å². The highest BCUT2D eigenvalue weighted by atomic mass is 19.4. The summed E-state index contributed by atoms with van der Waals surface area (Å²) in [4.78, 5) is 17.3. The molecule has 9 heteroatoms. The number of carbonyl (C=O) groups is 1. The molecule has 1 saturated heterocycles. The molecule has 1 amide bonds. The van der Waals surface area contributed by atoms with Crippen molar-refractivity contribution in [1.29, 1.82) is 0 Å². The number of amides is 1. The standard InChI is InChI=1S/C25H26F3N5O/c26-25(27,28)22-15-21(19-9-5-2-6-10-19)30-23-20(16-29-33(22)23)24(34)32-13-11-31(12-14-32)17-18-7-3-1-4-8-18/h1-10,16,21-22,30H,11-15,17H2. The lowest BCUT2D eigenvalue weighted by Crippen LogP contribution is -2.48. The van der Waals surface area contributed by atoms with Crippen LogP contribution in [0.3, 0.4) is 0 Å². The molecule has 2 aromatic carbocycles. The summed E-state index contributed by atoms with van der Waals surface area (Å²) >= 11 is 0. The molecule has 1 N–H and O–H groups in total. The topological polar surface area (TPSA) is 53.4 Å². The number of hydrogen-bond acceptors (Lipinski definition) is 4. The van der Waals surface area contributed by atoms with Crippen molar-refractivity contribution in [3.63, 3.8) is 0 Å². The Morgan fingerprint density at radius 2 is 1.62 bits per heavy atom. The molecule has 3 heterocycles. The van der Waals surface area contributed by atoms with Gasteiger partial charge in [0.05, 0.1) is 12.2 Å². The summed E-state index contributed by atoms with van der Waals surface area (Å²) in [7, 11) is 0. The number of benzene rings is 2. The van der Waals surface area contributed by atoms with E-state index < -0.39 is 18.3 Å². The van der Waals surface area contributed by atoms with Crippen LogP contribution in [-0.2, 0) is 6.54 Å². The lowest BCUT2D eigenvalue weighted by Gasteiger charge is -2.36. The molecule has 1 aromatic heterocycles. The SMILES string of the molecule is O=C(c1cnn2c1NC(c1ccccc1)CC2C(F)(F)F)N1CCN(Cc2ccccc2)CC1. The van der Waals surface area contributed by atoms with Gasteiger partial charge in [0.25, 0.3) is 5.91 Å². The van der Waals surface area contributed by atoms with E-state index >= 15 is 0 Å². The summed E-state index contributed by atoms with van der Waals surface area (Å²) in [6.45, 7) is 3.24. The molecule has 2 unspecified atom stereocenters. The number of fused-ring (bicyclic) bond motifs is 1. The van der Waals surface area contributed by atoms with E-state index in [0.29, 0.717) is 26.2 Å². The maximum absolute atomic E-state index is 13.9. The minimum atomic E-state index is -4.47. The number of hydrogen-bond donors (Lipinski definition) is 1. The van der Waals surface area contributed by atoms with Crippen molar-refractivity contribution < 1.29 is 18.0 Å². The number of alkyl halides is 3. The Labute approximate surface area is 196 Å². The van der Waals surface area contributed by atoms with E-state index in [2.05, 4.69) is 27.4 Å². The fourth-order valence-corrected chi connectivity index (χ4v) is 4.74. The van der Waals surface area contributed by atoms with Crippen molar-refractivity contribution in [2.75, 3.05) is 31.5 Å². The Morgan fingerprint density at radius 3 is 2.26 bits per heavy atom. The summed E-state index contributed by atoms with van der Waals surface area (Å²) in [6, 6.07) is 16.8. The summed E-state index contributed by atoms with van der Waals surface area (Å²) in [5, 5.41) is 7.16. The third kappa shape index (κ3) is 4.52. The van der Waals surface area contributed by atoms with Crippen LogP contribution >= 0.6 is 0 Å². The Morgan fingerprint density at radius 1 is 0.971 bits per heavy atom. The highest BCUT2D eigenvalue weighted by molar-refractivity contribution is 5.99. The maximum Gasteiger partial charge on any atom is 0.410 e. The van der Waals surface area contributed by atoms with Crippen molar-refractivity contribution in [1.82, 2.24) is 19.6 Å². The second kappa shape index (κ2) is 9.13. The Hall–Kier alpha value is -3.33. The van der Waals surface area contributed by atoms with E-state index in [9.17, 15) is 18.0 Å². The number of anilines is 1. The predicted octanol–water partition coefficient (Wildman–Crippen LogP) is 4.50. The molecule has 6 nitrogen and oxygen atoms in total. The molecule has 2 atom stereocenters. The van der Waals surface area contributed by atoms with Gasteiger partial charge in [0.2, 0.25) is 0 Å². The molecule has 2 aliphatic heterocycles. The van der Waals surface area contributed by atoms with E-state index in [-0.39, 0.29) is 23.7 Å². The molecule has 5 rings (SSSR count). The number of rotatable bonds is 4. The zero-order valence-corrected chi connectivity index (χ0v) is 18.6. The van der Waals surface area contributed by atoms with Crippen LogP contribution in [0.5, 0.6) is 0 Å². The smallest absolute Gasteiger partial charge is 0.363 e. The number of nitrogens with zero attached hydrogens (tertiary/aromatic N) is 4. The average Bonchev–Trinajstić information content (AvgIpc) is 3.28. The third-order valence-corrected chi connectivity index (χ3v) is 6.58. The predicted molar refractivity (Wildman–Crippen MR) is 122 cm³/mol. The number of nitrogens with one attached hydrogen (secondary N) is 1. The van der Waals surface area contributed by atoms with Gasteiger partial charge in [-0.3, -0.25) is 9.69 Å². The Bertz CT molecular complexity index is 1120. The van der Waals surface area contributed by atoms with E-state index in [1.54, 1.807) is 29.2 Å². The lowest BCUT2D eigenvalue weighted by atomic mass is 9.96. The summed E-state index contributed by atoms with van der Waals surface area (Å²) in [6.07, 6.45) is -3.39. The highest BCUT2D eigenvalue weighted by Crippen LogP contribution is 2.44. The van der Waals surface area contributed by atoms with Gasteiger partial charge in [0, 0.05) is 39.1 Å². The molecule has 2 aliphatic rings. The zero-order valence-electron chi connectivity index (χ0n) is 18.6. The summed E-state index contributed by atoms with van der Waals surface area (Å²) in [5.41, 5.74) is 2.14. The summed E-state index contributed by atoms with van der Waals surface area (Å²) < 4.78 is 42.6. The molecule has 178 valence electrons. The molecule has 0 bridgehead atoms. The van der Waals surface area contributed by atoms with Crippen LogP contribution in [0.1, 0.15) is 40.0 Å². The first kappa shape index (κ1) is 22.5. The molecule has 34 heavy (non-hydrogen) atoms. The minimum Gasteiger partial charge on any atom is -0.363 e. The second-order valence-corrected chi connectivity index (χ2v) is 8.81. The Balaban J connectivity index is 1.33. The molecule has 0 radical (unpaired) electrons. The van der Waals surface area contributed by atoms with Gasteiger partial charge in [-0.05, 0) is 11.1 Å². The molecule has 0 spiro atoms. The quantitative estimate of drug-likeness (QED) is 0.611. The van der Waals surface area contributed by atoms with Gasteiger partial charge in [-0.25, -0.2) is 4.68 Å². The number of piperazine rings is 1. The first-order chi connectivity index (χ1) is 16.4. The van der Waals surface area contributed by atoms with Crippen molar-refractivity contribution in [2.24, 2.45) is 0 Å². The van der Waals surface area contributed by atoms with Crippen molar-refractivity contribution in [3.05, 3.63) is 83.6 Å². The van der Waals surface area contributed by atoms with E-state index in [4.69, 9.17) is 0 Å². The van der Waals surface area contributed by atoms with Crippen LogP contribution in [0.4, 0.5) is 19.0 Å². The number of aromatic nitrogens is 2. The third-order valence-electron chi connectivity index (χ3n) is 6.58. The normalized spacial score (nSPS) is 21.1. The van der Waals surface area contributed by atoms with Crippen molar-refractivity contribution in [2.45, 2.75) is 31.2 Å². The van der Waals surface area contributed by atoms with Gasteiger partial charge < -0.3 is 10.2 Å². The van der Waals surface area contributed by atoms with Gasteiger partial charge in [0.15, 0.2) is 6.04 Å². The van der Waals surface area contributed by atoms with Gasteiger partial charge in [0.1, 0.15) is 11.4 Å². The molecule has 0 saturated carbocycles. The van der Waals surface area contributed by atoms with Gasteiger partial charge in [-0.1, -0.05) is 60.7 Å². The van der Waals surface area contributed by atoms with Crippen LogP contribution in [0.25, 0.3) is 0 Å². The van der Waals surface area contributed by atoms with Gasteiger partial charge >= 0.3 is 6.18 Å². The van der Waals surface area contributed by atoms with E-state index in [1.165, 1.54) is 11.8 Å². The number of halogens is 3. The van der Waals surface area contributed by atoms with Crippen molar-refractivity contribution >= 4 is 11.7 Å². The van der Waals surface area contributed by atoms with Crippen molar-refractivity contribution in [3.8, 4) is 0 Å². The van der Waals surface area contributed by atoms with Gasteiger partial charge in [-0.2, -0.15) is 18.3 Å². The second-order valence-electron chi connectivity index (χ2n) is 8.81. The average molecular weight is 470 g/mol. The van der Waals surface area contributed by atoms with Gasteiger partial charge in [-0.15, -0.1) is 0 Å².